The molecule has 33 heavy (non-hydrogen) atoms. The maximum Gasteiger partial charge on any atom is 0.250 e. The number of amides is 1. The molecule has 4 aromatic rings. The first-order chi connectivity index (χ1) is 16.1. The van der Waals surface area contributed by atoms with Crippen molar-refractivity contribution in [3.63, 3.8) is 0 Å². The van der Waals surface area contributed by atoms with Crippen LogP contribution in [0.15, 0.2) is 83.3 Å². The third-order valence-corrected chi connectivity index (χ3v) is 5.64. The van der Waals surface area contributed by atoms with E-state index in [-0.39, 0.29) is 11.7 Å². The summed E-state index contributed by atoms with van der Waals surface area (Å²) in [4.78, 5) is 16.4. The fourth-order valence-corrected chi connectivity index (χ4v) is 3.75. The summed E-state index contributed by atoms with van der Waals surface area (Å²) in [6.07, 6.45) is 5.01. The lowest BCUT2D eigenvalue weighted by molar-refractivity contribution is -0.118. The Balaban J connectivity index is 1.47. The van der Waals surface area contributed by atoms with Crippen LogP contribution in [-0.4, -0.2) is 44.7 Å². The summed E-state index contributed by atoms with van der Waals surface area (Å²) in [6, 6.07) is 19.2. The fraction of sp³-hybridized carbons (Fsp3) is 0.125. The number of hydrogen-bond donors (Lipinski definition) is 1. The molecule has 0 aliphatic carbocycles. The normalized spacial score (nSPS) is 11.0. The number of hydrazone groups is 1. The molecule has 166 valence electrons. The van der Waals surface area contributed by atoms with Gasteiger partial charge in [0.2, 0.25) is 0 Å². The summed E-state index contributed by atoms with van der Waals surface area (Å²) in [5, 5.41) is 13.3. The molecule has 2 aromatic heterocycles. The van der Waals surface area contributed by atoms with Crippen molar-refractivity contribution in [2.75, 3.05) is 12.9 Å². The van der Waals surface area contributed by atoms with E-state index in [1.54, 1.807) is 25.7 Å². The number of benzene rings is 2. The number of carbonyl (C=O) groups is 1. The van der Waals surface area contributed by atoms with E-state index < -0.39 is 0 Å². The maximum absolute atomic E-state index is 12.3. The summed E-state index contributed by atoms with van der Waals surface area (Å²) < 4.78 is 7.07. The van der Waals surface area contributed by atoms with Crippen molar-refractivity contribution in [1.29, 1.82) is 0 Å². The number of nitrogens with zero attached hydrogens (tertiary/aromatic N) is 5. The Hall–Kier alpha value is -3.98. The lowest BCUT2D eigenvalue weighted by Crippen LogP contribution is -2.20. The highest BCUT2D eigenvalue weighted by Gasteiger charge is 2.17. The molecule has 1 amide bonds. The van der Waals surface area contributed by atoms with Crippen molar-refractivity contribution in [2.24, 2.45) is 5.10 Å². The maximum atomic E-state index is 12.3. The van der Waals surface area contributed by atoms with Gasteiger partial charge in [-0.15, -0.1) is 10.2 Å². The molecule has 0 saturated carbocycles. The molecule has 2 aromatic carbocycles. The van der Waals surface area contributed by atoms with Crippen LogP contribution in [0, 0.1) is 6.92 Å². The molecule has 0 radical (unpaired) electrons. The van der Waals surface area contributed by atoms with E-state index in [9.17, 15) is 4.79 Å². The molecule has 0 atom stereocenters. The van der Waals surface area contributed by atoms with Gasteiger partial charge < -0.3 is 4.74 Å². The average Bonchev–Trinajstić information content (AvgIpc) is 3.28. The monoisotopic (exact) mass is 458 g/mol. The topological polar surface area (TPSA) is 94.3 Å². The molecule has 8 nitrogen and oxygen atoms in total. The zero-order valence-electron chi connectivity index (χ0n) is 18.2. The Morgan fingerprint density at radius 2 is 1.79 bits per heavy atom. The summed E-state index contributed by atoms with van der Waals surface area (Å²) in [7, 11) is 1.61. The minimum Gasteiger partial charge on any atom is -0.497 e. The number of rotatable bonds is 8. The van der Waals surface area contributed by atoms with Gasteiger partial charge >= 0.3 is 0 Å². The number of aryl methyl sites for hydroxylation is 1. The number of pyridine rings is 1. The third kappa shape index (κ3) is 5.64. The van der Waals surface area contributed by atoms with E-state index in [4.69, 9.17) is 4.74 Å². The molecule has 0 unspecified atom stereocenters. The van der Waals surface area contributed by atoms with Gasteiger partial charge in [-0.2, -0.15) is 5.10 Å². The Morgan fingerprint density at radius 3 is 2.48 bits per heavy atom. The van der Waals surface area contributed by atoms with Gasteiger partial charge in [-0.3, -0.25) is 14.3 Å². The van der Waals surface area contributed by atoms with Gasteiger partial charge in [-0.1, -0.05) is 29.5 Å². The van der Waals surface area contributed by atoms with Crippen LogP contribution in [0.3, 0.4) is 0 Å². The van der Waals surface area contributed by atoms with E-state index in [0.29, 0.717) is 11.0 Å². The molecule has 0 spiro atoms. The lowest BCUT2D eigenvalue weighted by Gasteiger charge is -2.10. The number of hydrogen-bond acceptors (Lipinski definition) is 7. The van der Waals surface area contributed by atoms with E-state index in [0.717, 1.165) is 28.1 Å². The molecule has 0 fully saturated rings. The van der Waals surface area contributed by atoms with Crippen LogP contribution >= 0.6 is 11.8 Å². The Labute approximate surface area is 195 Å². The number of thioether (sulfide) groups is 1. The van der Waals surface area contributed by atoms with Gasteiger partial charge in [0, 0.05) is 23.6 Å². The minimum absolute atomic E-state index is 0.139. The fourth-order valence-electron chi connectivity index (χ4n) is 3.01. The van der Waals surface area contributed by atoms with Crippen LogP contribution in [0.5, 0.6) is 5.75 Å². The summed E-state index contributed by atoms with van der Waals surface area (Å²) in [5.74, 6) is 1.34. The largest absolute Gasteiger partial charge is 0.497 e. The van der Waals surface area contributed by atoms with Crippen LogP contribution in [0.1, 0.15) is 11.1 Å². The highest BCUT2D eigenvalue weighted by molar-refractivity contribution is 7.99. The molecule has 1 N–H and O–H groups in total. The number of carbonyl (C=O) groups excluding carboxylic acids is 1. The minimum atomic E-state index is -0.242. The third-order valence-electron chi connectivity index (χ3n) is 4.72. The highest BCUT2D eigenvalue weighted by Crippen LogP contribution is 2.27. The van der Waals surface area contributed by atoms with Crippen molar-refractivity contribution in [1.82, 2.24) is 25.2 Å². The smallest absolute Gasteiger partial charge is 0.250 e. The second-order valence-electron chi connectivity index (χ2n) is 7.07. The van der Waals surface area contributed by atoms with Gasteiger partial charge in [0.15, 0.2) is 11.0 Å². The predicted molar refractivity (Wildman–Crippen MR) is 129 cm³/mol. The first kappa shape index (κ1) is 22.2. The van der Waals surface area contributed by atoms with Crippen LogP contribution in [0.4, 0.5) is 0 Å². The van der Waals surface area contributed by atoms with Crippen molar-refractivity contribution >= 4 is 23.9 Å². The Kier molecular flexibility index (Phi) is 7.11. The van der Waals surface area contributed by atoms with Crippen molar-refractivity contribution in [2.45, 2.75) is 12.1 Å². The van der Waals surface area contributed by atoms with Gasteiger partial charge in [0.25, 0.3) is 5.91 Å². The molecule has 0 aliphatic rings. The van der Waals surface area contributed by atoms with E-state index in [1.165, 1.54) is 11.8 Å². The van der Waals surface area contributed by atoms with Gasteiger partial charge in [-0.25, -0.2) is 5.43 Å². The highest BCUT2D eigenvalue weighted by atomic mass is 32.2. The molecular formula is C24H22N6O2S. The number of methoxy groups -OCH3 is 1. The average molecular weight is 459 g/mol. The van der Waals surface area contributed by atoms with Crippen LogP contribution in [-0.2, 0) is 4.79 Å². The van der Waals surface area contributed by atoms with Gasteiger partial charge in [0.05, 0.1) is 19.1 Å². The lowest BCUT2D eigenvalue weighted by atomic mass is 10.2. The molecular weight excluding hydrogens is 436 g/mol. The molecule has 9 heteroatoms. The number of nitrogens with one attached hydrogen (secondary N) is 1. The predicted octanol–water partition coefficient (Wildman–Crippen LogP) is 3.89. The summed E-state index contributed by atoms with van der Waals surface area (Å²) in [6.45, 7) is 2.03. The number of ether oxygens (including phenoxy) is 1. The quantitative estimate of drug-likeness (QED) is 0.245. The van der Waals surface area contributed by atoms with Crippen LogP contribution in [0.2, 0.25) is 0 Å². The standard InChI is InChI=1S/C24H22N6O2S/c1-17-3-7-20(8-4-17)30-23(19-11-13-25-14-12-19)28-29-24(30)33-16-22(31)27-26-15-18-5-9-21(32-2)10-6-18/h3-15H,16H2,1-2H3,(H,27,31)/b26-15-. The second-order valence-corrected chi connectivity index (χ2v) is 8.01. The molecule has 0 aliphatic heterocycles. The van der Waals surface area contributed by atoms with Crippen molar-refractivity contribution in [3.05, 3.63) is 84.2 Å². The van der Waals surface area contributed by atoms with Crippen LogP contribution < -0.4 is 10.2 Å². The van der Waals surface area contributed by atoms with Crippen molar-refractivity contribution < 1.29 is 9.53 Å². The first-order valence-electron chi connectivity index (χ1n) is 10.2. The SMILES string of the molecule is COc1ccc(/C=N\NC(=O)CSc2nnc(-c3ccncc3)n2-c2ccc(C)cc2)cc1. The second kappa shape index (κ2) is 10.6. The zero-order chi connectivity index (χ0) is 23.0. The summed E-state index contributed by atoms with van der Waals surface area (Å²) in [5.41, 5.74) is 6.36. The number of aromatic nitrogens is 4. The molecule has 4 rings (SSSR count). The van der Waals surface area contributed by atoms with Gasteiger partial charge in [-0.05, 0) is 61.0 Å². The van der Waals surface area contributed by atoms with E-state index >= 15 is 0 Å². The molecule has 0 bridgehead atoms. The molecule has 2 heterocycles. The molecule has 0 saturated heterocycles. The van der Waals surface area contributed by atoms with E-state index in [1.807, 2.05) is 72.2 Å². The summed E-state index contributed by atoms with van der Waals surface area (Å²) >= 11 is 1.29. The van der Waals surface area contributed by atoms with Crippen molar-refractivity contribution in [3.8, 4) is 22.8 Å². The first-order valence-corrected chi connectivity index (χ1v) is 11.1. The van der Waals surface area contributed by atoms with E-state index in [2.05, 4.69) is 25.7 Å². The van der Waals surface area contributed by atoms with Crippen LogP contribution in [0.25, 0.3) is 17.1 Å². The zero-order valence-corrected chi connectivity index (χ0v) is 19.0. The Morgan fingerprint density at radius 1 is 1.06 bits per heavy atom. The van der Waals surface area contributed by atoms with Gasteiger partial charge in [0.1, 0.15) is 5.75 Å². The Bertz CT molecular complexity index is 1240.